The Bertz CT molecular complexity index is 79.3. The zero-order valence-corrected chi connectivity index (χ0v) is 10.1. The first-order valence-corrected chi connectivity index (χ1v) is 5.76. The Hall–Kier alpha value is -0.260. The lowest BCUT2D eigenvalue weighted by Gasteiger charge is -1.94. The maximum Gasteiger partial charge on any atom is -0.0353 e. The van der Waals surface area contributed by atoms with Gasteiger partial charge in [-0.15, -0.1) is 6.58 Å². The first-order valence-electron chi connectivity index (χ1n) is 5.76. The van der Waals surface area contributed by atoms with Crippen LogP contribution in [0.5, 0.6) is 0 Å². The van der Waals surface area contributed by atoms with Crippen LogP contribution in [0.25, 0.3) is 0 Å². The van der Waals surface area contributed by atoms with Gasteiger partial charge in [-0.25, -0.2) is 0 Å². The van der Waals surface area contributed by atoms with Gasteiger partial charge in [-0.3, -0.25) is 0 Å². The summed E-state index contributed by atoms with van der Waals surface area (Å²) >= 11 is 0. The second-order valence-corrected chi connectivity index (χ2v) is 4.22. The van der Waals surface area contributed by atoms with Gasteiger partial charge in [-0.1, -0.05) is 59.5 Å². The Morgan fingerprint density at radius 2 is 1.46 bits per heavy atom. The fourth-order valence-corrected chi connectivity index (χ4v) is 0.892. The first-order chi connectivity index (χ1) is 6.15. The van der Waals surface area contributed by atoms with Crippen LogP contribution in [0, 0.1) is 5.92 Å². The molecule has 0 spiro atoms. The number of allylic oxidation sites excluding steroid dienone is 1. The van der Waals surface area contributed by atoms with Crippen molar-refractivity contribution in [1.82, 2.24) is 0 Å². The molecule has 0 heterocycles. The summed E-state index contributed by atoms with van der Waals surface area (Å²) in [7, 11) is 0. The lowest BCUT2D eigenvalue weighted by atomic mass is 10.1. The van der Waals surface area contributed by atoms with Gasteiger partial charge in [0.25, 0.3) is 0 Å². The lowest BCUT2D eigenvalue weighted by molar-refractivity contribution is 0.638. The number of unbranched alkanes of at least 4 members (excludes halogenated alkanes) is 5. The van der Waals surface area contributed by atoms with Gasteiger partial charge in [0.15, 0.2) is 0 Å². The maximum atomic E-state index is 3.68. The molecule has 0 saturated carbocycles. The molecule has 0 fully saturated rings. The summed E-state index contributed by atoms with van der Waals surface area (Å²) in [6, 6.07) is 0. The van der Waals surface area contributed by atoms with E-state index in [0.717, 1.165) is 5.92 Å². The average Bonchev–Trinajstić information content (AvgIpc) is 2.03. The van der Waals surface area contributed by atoms with E-state index in [0.29, 0.717) is 0 Å². The minimum absolute atomic E-state index is 0.833. The third-order valence-electron chi connectivity index (χ3n) is 1.51. The van der Waals surface area contributed by atoms with Crippen LogP contribution in [0.4, 0.5) is 0 Å². The molecule has 0 aliphatic rings. The van der Waals surface area contributed by atoms with Crippen molar-refractivity contribution >= 4 is 0 Å². The molecule has 0 saturated heterocycles. The molecule has 0 heteroatoms. The smallest absolute Gasteiger partial charge is 0.0353 e. The summed E-state index contributed by atoms with van der Waals surface area (Å²) in [5.74, 6) is 0.833. The highest BCUT2D eigenvalue weighted by Crippen LogP contribution is 2.04. The molecule has 13 heavy (non-hydrogen) atoms. The van der Waals surface area contributed by atoms with E-state index in [1.807, 2.05) is 6.08 Å². The second-order valence-electron chi connectivity index (χ2n) is 4.22. The van der Waals surface area contributed by atoms with E-state index in [1.54, 1.807) is 0 Å². The Kier molecular flexibility index (Phi) is 16.7. The number of hydrogen-bond acceptors (Lipinski definition) is 0. The van der Waals surface area contributed by atoms with Crippen molar-refractivity contribution in [3.05, 3.63) is 12.7 Å². The van der Waals surface area contributed by atoms with Gasteiger partial charge in [-0.05, 0) is 18.8 Å². The zero-order chi connectivity index (χ0) is 10.5. The van der Waals surface area contributed by atoms with Crippen molar-refractivity contribution < 1.29 is 0 Å². The van der Waals surface area contributed by atoms with Crippen molar-refractivity contribution in [2.24, 2.45) is 5.92 Å². The normalized spacial score (nSPS) is 9.31. The highest BCUT2D eigenvalue weighted by Gasteiger charge is 1.84. The van der Waals surface area contributed by atoms with E-state index < -0.39 is 0 Å². The van der Waals surface area contributed by atoms with Crippen LogP contribution in [-0.2, 0) is 0 Å². The van der Waals surface area contributed by atoms with Crippen LogP contribution in [0.2, 0.25) is 0 Å². The predicted molar refractivity (Wildman–Crippen MR) is 64.1 cm³/mol. The molecular formula is C13H28. The molecular weight excluding hydrogens is 156 g/mol. The fraction of sp³-hybridized carbons (Fsp3) is 0.846. The average molecular weight is 184 g/mol. The van der Waals surface area contributed by atoms with E-state index in [2.05, 4.69) is 34.3 Å². The van der Waals surface area contributed by atoms with Crippen LogP contribution in [0.3, 0.4) is 0 Å². The highest BCUT2D eigenvalue weighted by molar-refractivity contribution is 4.65. The van der Waals surface area contributed by atoms with Crippen LogP contribution in [0.15, 0.2) is 12.7 Å². The van der Waals surface area contributed by atoms with Crippen LogP contribution in [-0.4, -0.2) is 0 Å². The second kappa shape index (κ2) is 14.3. The summed E-state index contributed by atoms with van der Waals surface area (Å²) in [6.45, 7) is 12.4. The van der Waals surface area contributed by atoms with E-state index in [-0.39, 0.29) is 0 Å². The van der Waals surface area contributed by atoms with Gasteiger partial charge in [0.2, 0.25) is 0 Å². The van der Waals surface area contributed by atoms with E-state index >= 15 is 0 Å². The molecule has 0 amide bonds. The SMILES string of the molecule is C=CCCCCCCC.CC(C)C. The number of rotatable bonds is 6. The first kappa shape index (κ1) is 15.2. The van der Waals surface area contributed by atoms with Crippen LogP contribution >= 0.6 is 0 Å². The Balaban J connectivity index is 0. The van der Waals surface area contributed by atoms with E-state index in [1.165, 1.54) is 38.5 Å². The van der Waals surface area contributed by atoms with Crippen molar-refractivity contribution in [3.8, 4) is 0 Å². The molecule has 80 valence electrons. The van der Waals surface area contributed by atoms with Crippen LogP contribution < -0.4 is 0 Å². The van der Waals surface area contributed by atoms with Gasteiger partial charge in [0.1, 0.15) is 0 Å². The van der Waals surface area contributed by atoms with Gasteiger partial charge in [-0.2, -0.15) is 0 Å². The largest absolute Gasteiger partial charge is 0.103 e. The molecule has 0 N–H and O–H groups in total. The highest BCUT2D eigenvalue weighted by atomic mass is 13.9. The van der Waals surface area contributed by atoms with Gasteiger partial charge in [0, 0.05) is 0 Å². The lowest BCUT2D eigenvalue weighted by Crippen LogP contribution is -1.74. The van der Waals surface area contributed by atoms with E-state index in [4.69, 9.17) is 0 Å². The molecule has 0 unspecified atom stereocenters. The molecule has 0 radical (unpaired) electrons. The van der Waals surface area contributed by atoms with Crippen molar-refractivity contribution in [1.29, 1.82) is 0 Å². The summed E-state index contributed by atoms with van der Waals surface area (Å²) in [4.78, 5) is 0. The summed E-state index contributed by atoms with van der Waals surface area (Å²) in [5, 5.41) is 0. The zero-order valence-electron chi connectivity index (χ0n) is 10.1. The topological polar surface area (TPSA) is 0 Å². The Morgan fingerprint density at radius 3 is 1.85 bits per heavy atom. The van der Waals surface area contributed by atoms with Gasteiger partial charge >= 0.3 is 0 Å². The van der Waals surface area contributed by atoms with Crippen molar-refractivity contribution in [3.63, 3.8) is 0 Å². The van der Waals surface area contributed by atoms with E-state index in [9.17, 15) is 0 Å². The minimum atomic E-state index is 0.833. The van der Waals surface area contributed by atoms with Gasteiger partial charge in [0.05, 0.1) is 0 Å². The van der Waals surface area contributed by atoms with Crippen molar-refractivity contribution in [2.75, 3.05) is 0 Å². The predicted octanol–water partition coefficient (Wildman–Crippen LogP) is 5.20. The molecule has 0 aliphatic heterocycles. The molecule has 0 rings (SSSR count). The number of hydrogen-bond donors (Lipinski definition) is 0. The molecule has 0 aromatic rings. The summed E-state index contributed by atoms with van der Waals surface area (Å²) in [5.41, 5.74) is 0. The molecule has 0 aliphatic carbocycles. The Labute approximate surface area is 85.4 Å². The molecule has 0 nitrogen and oxygen atoms in total. The fourth-order valence-electron chi connectivity index (χ4n) is 0.892. The monoisotopic (exact) mass is 184 g/mol. The molecule has 0 bridgehead atoms. The minimum Gasteiger partial charge on any atom is -0.103 e. The molecule has 0 aromatic carbocycles. The van der Waals surface area contributed by atoms with Crippen molar-refractivity contribution in [2.45, 2.75) is 66.2 Å². The summed E-state index contributed by atoms with van der Waals surface area (Å²) < 4.78 is 0. The van der Waals surface area contributed by atoms with Gasteiger partial charge < -0.3 is 0 Å². The molecule has 0 aromatic heterocycles. The standard InChI is InChI=1S/C9H18.C4H10/c1-3-5-7-9-8-6-4-2;1-4(2)3/h3H,1,4-9H2,2H3;4H,1-3H3. The van der Waals surface area contributed by atoms with Crippen LogP contribution in [0.1, 0.15) is 66.2 Å². The quantitative estimate of drug-likeness (QED) is 0.393. The third kappa shape index (κ3) is 33.8. The third-order valence-corrected chi connectivity index (χ3v) is 1.51. The molecule has 0 atom stereocenters. The Morgan fingerprint density at radius 1 is 1.00 bits per heavy atom. The summed E-state index contributed by atoms with van der Waals surface area (Å²) in [6.07, 6.45) is 10.1. The maximum absolute atomic E-state index is 3.68.